The molecule has 5 nitrogen and oxygen atoms in total. The van der Waals surface area contributed by atoms with Crippen LogP contribution < -0.4 is 16.6 Å². The first-order valence-electron chi connectivity index (χ1n) is 6.20. The molecule has 0 saturated heterocycles. The highest BCUT2D eigenvalue weighted by Gasteiger charge is 2.12. The Morgan fingerprint density at radius 2 is 1.76 bits per heavy atom. The summed E-state index contributed by atoms with van der Waals surface area (Å²) in [7, 11) is 0. The lowest BCUT2D eigenvalue weighted by Gasteiger charge is -2.09. The van der Waals surface area contributed by atoms with E-state index in [1.165, 1.54) is 24.3 Å². The molecule has 4 N–H and O–H groups in total. The molecule has 0 aliphatic rings. The fraction of sp³-hybridized carbons (Fsp3) is 0.0667. The number of aryl methyl sites for hydroxylation is 1. The van der Waals surface area contributed by atoms with E-state index in [1.54, 1.807) is 25.1 Å². The third-order valence-corrected chi connectivity index (χ3v) is 2.98. The Morgan fingerprint density at radius 3 is 2.38 bits per heavy atom. The van der Waals surface area contributed by atoms with Crippen LogP contribution in [0.2, 0.25) is 0 Å². The van der Waals surface area contributed by atoms with Crippen molar-refractivity contribution < 1.29 is 14.0 Å². The predicted octanol–water partition coefficient (Wildman–Crippen LogP) is 1.99. The van der Waals surface area contributed by atoms with Crippen LogP contribution in [0.25, 0.3) is 0 Å². The summed E-state index contributed by atoms with van der Waals surface area (Å²) in [6.07, 6.45) is 0. The van der Waals surface area contributed by atoms with Crippen LogP contribution in [-0.2, 0) is 0 Å². The van der Waals surface area contributed by atoms with Gasteiger partial charge in [-0.05, 0) is 42.8 Å². The van der Waals surface area contributed by atoms with Gasteiger partial charge in [-0.2, -0.15) is 0 Å². The quantitative estimate of drug-likeness (QED) is 0.458. The Morgan fingerprint density at radius 1 is 1.05 bits per heavy atom. The lowest BCUT2D eigenvalue weighted by atomic mass is 10.1. The van der Waals surface area contributed by atoms with Gasteiger partial charge in [-0.15, -0.1) is 0 Å². The maximum Gasteiger partial charge on any atom is 0.265 e. The molecule has 2 amide bonds. The molecular formula is C15H14FN3O2. The van der Waals surface area contributed by atoms with Gasteiger partial charge in [0.2, 0.25) is 0 Å². The molecule has 21 heavy (non-hydrogen) atoms. The van der Waals surface area contributed by atoms with Crippen LogP contribution in [0.5, 0.6) is 0 Å². The minimum absolute atomic E-state index is 0.0427. The molecule has 0 bridgehead atoms. The average molecular weight is 287 g/mol. The van der Waals surface area contributed by atoms with E-state index < -0.39 is 17.6 Å². The van der Waals surface area contributed by atoms with E-state index in [1.807, 2.05) is 5.43 Å². The maximum absolute atomic E-state index is 13.5. The molecule has 0 fully saturated rings. The zero-order chi connectivity index (χ0) is 15.4. The SMILES string of the molecule is Cc1cc(NC(=O)c2ccccc2F)ccc1C(=O)NN. The molecule has 0 spiro atoms. The minimum Gasteiger partial charge on any atom is -0.322 e. The van der Waals surface area contributed by atoms with Crippen molar-refractivity contribution in [2.24, 2.45) is 5.84 Å². The van der Waals surface area contributed by atoms with Crippen molar-refractivity contribution in [2.75, 3.05) is 5.32 Å². The van der Waals surface area contributed by atoms with Crippen molar-refractivity contribution in [2.45, 2.75) is 6.92 Å². The zero-order valence-corrected chi connectivity index (χ0v) is 11.3. The second-order valence-corrected chi connectivity index (χ2v) is 4.44. The molecule has 108 valence electrons. The molecule has 0 saturated carbocycles. The molecular weight excluding hydrogens is 273 g/mol. The number of halogens is 1. The van der Waals surface area contributed by atoms with Gasteiger partial charge in [-0.3, -0.25) is 15.0 Å². The summed E-state index contributed by atoms with van der Waals surface area (Å²) in [5, 5.41) is 2.58. The average Bonchev–Trinajstić information content (AvgIpc) is 2.47. The van der Waals surface area contributed by atoms with E-state index in [0.29, 0.717) is 16.8 Å². The van der Waals surface area contributed by atoms with Crippen LogP contribution >= 0.6 is 0 Å². The fourth-order valence-electron chi connectivity index (χ4n) is 1.92. The number of rotatable bonds is 3. The molecule has 2 aromatic carbocycles. The second-order valence-electron chi connectivity index (χ2n) is 4.44. The van der Waals surface area contributed by atoms with E-state index in [4.69, 9.17) is 5.84 Å². The standard InChI is InChI=1S/C15H14FN3O2/c1-9-8-10(6-7-11(9)15(21)19-17)18-14(20)12-4-2-3-5-13(12)16/h2-8H,17H2,1H3,(H,18,20)(H,19,21). The van der Waals surface area contributed by atoms with Crippen molar-refractivity contribution in [1.82, 2.24) is 5.43 Å². The predicted molar refractivity (Wildman–Crippen MR) is 77.2 cm³/mol. The summed E-state index contributed by atoms with van der Waals surface area (Å²) in [6, 6.07) is 10.4. The number of hydrogen-bond acceptors (Lipinski definition) is 3. The third-order valence-electron chi connectivity index (χ3n) is 2.98. The number of hydrogen-bond donors (Lipinski definition) is 3. The number of nitrogen functional groups attached to an aromatic ring is 1. The van der Waals surface area contributed by atoms with Gasteiger partial charge in [0.15, 0.2) is 0 Å². The van der Waals surface area contributed by atoms with E-state index >= 15 is 0 Å². The second kappa shape index (κ2) is 6.15. The van der Waals surface area contributed by atoms with E-state index in [9.17, 15) is 14.0 Å². The first kappa shape index (κ1) is 14.7. The third kappa shape index (κ3) is 3.24. The number of benzene rings is 2. The van der Waals surface area contributed by atoms with Crippen LogP contribution in [0, 0.1) is 12.7 Å². The Bertz CT molecular complexity index is 701. The lowest BCUT2D eigenvalue weighted by molar-refractivity contribution is 0.0952. The number of nitrogens with two attached hydrogens (primary N) is 1. The monoisotopic (exact) mass is 287 g/mol. The van der Waals surface area contributed by atoms with E-state index in [2.05, 4.69) is 5.32 Å². The molecule has 0 unspecified atom stereocenters. The van der Waals surface area contributed by atoms with E-state index in [-0.39, 0.29) is 5.56 Å². The van der Waals surface area contributed by atoms with Gasteiger partial charge >= 0.3 is 0 Å². The smallest absolute Gasteiger partial charge is 0.265 e. The Hall–Kier alpha value is -2.73. The molecule has 0 aromatic heterocycles. The molecule has 0 atom stereocenters. The first-order chi connectivity index (χ1) is 10.0. The van der Waals surface area contributed by atoms with Crippen LogP contribution in [0.3, 0.4) is 0 Å². The highest BCUT2D eigenvalue weighted by Crippen LogP contribution is 2.17. The van der Waals surface area contributed by atoms with Crippen LogP contribution in [0.1, 0.15) is 26.3 Å². The van der Waals surface area contributed by atoms with Crippen LogP contribution in [-0.4, -0.2) is 11.8 Å². The molecule has 0 aliphatic carbocycles. The van der Waals surface area contributed by atoms with Gasteiger partial charge in [0, 0.05) is 11.3 Å². The molecule has 0 aliphatic heterocycles. The normalized spacial score (nSPS) is 10.0. The van der Waals surface area contributed by atoms with Crippen molar-refractivity contribution in [3.05, 3.63) is 65.0 Å². The van der Waals surface area contributed by atoms with Gasteiger partial charge in [0.25, 0.3) is 11.8 Å². The topological polar surface area (TPSA) is 84.2 Å². The summed E-state index contributed by atoms with van der Waals surface area (Å²) in [5.41, 5.74) is 3.51. The molecule has 0 radical (unpaired) electrons. The Balaban J connectivity index is 2.21. The molecule has 0 heterocycles. The molecule has 6 heteroatoms. The van der Waals surface area contributed by atoms with Gasteiger partial charge in [-0.25, -0.2) is 10.2 Å². The minimum atomic E-state index is -0.592. The van der Waals surface area contributed by atoms with E-state index in [0.717, 1.165) is 0 Å². The largest absolute Gasteiger partial charge is 0.322 e. The summed E-state index contributed by atoms with van der Waals surface area (Å²) >= 11 is 0. The van der Waals surface area contributed by atoms with Gasteiger partial charge in [0.05, 0.1) is 5.56 Å². The highest BCUT2D eigenvalue weighted by atomic mass is 19.1. The maximum atomic E-state index is 13.5. The summed E-state index contributed by atoms with van der Waals surface area (Å²) in [5.74, 6) is 3.51. The number of hydrazine groups is 1. The zero-order valence-electron chi connectivity index (χ0n) is 11.3. The molecule has 2 rings (SSSR count). The van der Waals surface area contributed by atoms with Crippen molar-refractivity contribution in [1.29, 1.82) is 0 Å². The Labute approximate surface area is 120 Å². The summed E-state index contributed by atoms with van der Waals surface area (Å²) in [4.78, 5) is 23.4. The van der Waals surface area contributed by atoms with Gasteiger partial charge in [0.1, 0.15) is 5.82 Å². The van der Waals surface area contributed by atoms with Crippen LogP contribution in [0.15, 0.2) is 42.5 Å². The molecule has 2 aromatic rings. The number of carbonyl (C=O) groups excluding carboxylic acids is 2. The van der Waals surface area contributed by atoms with Gasteiger partial charge in [-0.1, -0.05) is 12.1 Å². The lowest BCUT2D eigenvalue weighted by Crippen LogP contribution is -2.30. The van der Waals surface area contributed by atoms with Crippen molar-refractivity contribution in [3.63, 3.8) is 0 Å². The van der Waals surface area contributed by atoms with Crippen molar-refractivity contribution >= 4 is 17.5 Å². The van der Waals surface area contributed by atoms with Gasteiger partial charge < -0.3 is 5.32 Å². The fourth-order valence-corrected chi connectivity index (χ4v) is 1.92. The summed E-state index contributed by atoms with van der Waals surface area (Å²) in [6.45, 7) is 1.71. The highest BCUT2D eigenvalue weighted by molar-refractivity contribution is 6.05. The number of amides is 2. The Kier molecular flexibility index (Phi) is 4.30. The number of carbonyl (C=O) groups is 2. The summed E-state index contributed by atoms with van der Waals surface area (Å²) < 4.78 is 13.5. The van der Waals surface area contributed by atoms with Crippen molar-refractivity contribution in [3.8, 4) is 0 Å². The number of nitrogens with one attached hydrogen (secondary N) is 2. The van der Waals surface area contributed by atoms with Crippen LogP contribution in [0.4, 0.5) is 10.1 Å². The first-order valence-corrected chi connectivity index (χ1v) is 6.20. The number of anilines is 1.